The summed E-state index contributed by atoms with van der Waals surface area (Å²) in [6.07, 6.45) is 2.67. The molecular weight excluding hydrogens is 270 g/mol. The second-order valence-electron chi connectivity index (χ2n) is 4.56. The number of nitrogens with zero attached hydrogens (tertiary/aromatic N) is 2. The normalized spacial score (nSPS) is 14.1. The highest BCUT2D eigenvalue weighted by molar-refractivity contribution is 7.80. The number of thiocarbonyl (C=S) groups is 1. The van der Waals surface area contributed by atoms with E-state index in [1.54, 1.807) is 6.20 Å². The fourth-order valence-electron chi connectivity index (χ4n) is 2.35. The lowest BCUT2D eigenvalue weighted by Gasteiger charge is -2.24. The SMILES string of the molecule is NC(=S)c1cccnc1N1CCCOc2ccccc21. The number of anilines is 2. The van der Waals surface area contributed by atoms with E-state index < -0.39 is 0 Å². The summed E-state index contributed by atoms with van der Waals surface area (Å²) >= 11 is 5.13. The number of ether oxygens (including phenoxy) is 1. The molecule has 0 saturated carbocycles. The molecule has 2 aromatic rings. The molecular formula is C15H15N3OS. The van der Waals surface area contributed by atoms with Gasteiger partial charge >= 0.3 is 0 Å². The maximum absolute atomic E-state index is 5.81. The number of aromatic nitrogens is 1. The highest BCUT2D eigenvalue weighted by Gasteiger charge is 2.21. The summed E-state index contributed by atoms with van der Waals surface area (Å²) in [5.41, 5.74) is 7.61. The molecule has 0 spiro atoms. The summed E-state index contributed by atoms with van der Waals surface area (Å²) in [6.45, 7) is 1.52. The molecule has 2 N–H and O–H groups in total. The first kappa shape index (κ1) is 12.9. The minimum atomic E-state index is 0.357. The van der Waals surface area contributed by atoms with Crippen molar-refractivity contribution in [2.24, 2.45) is 5.73 Å². The van der Waals surface area contributed by atoms with Crippen molar-refractivity contribution >= 4 is 28.7 Å². The van der Waals surface area contributed by atoms with Gasteiger partial charge in [-0.2, -0.15) is 0 Å². The third-order valence-corrected chi connectivity index (χ3v) is 3.47. The van der Waals surface area contributed by atoms with Gasteiger partial charge in [-0.3, -0.25) is 0 Å². The lowest BCUT2D eigenvalue weighted by Crippen LogP contribution is -2.23. The molecule has 3 rings (SSSR count). The van der Waals surface area contributed by atoms with E-state index in [1.807, 2.05) is 36.4 Å². The largest absolute Gasteiger partial charge is 0.491 e. The second kappa shape index (κ2) is 5.46. The van der Waals surface area contributed by atoms with Crippen molar-refractivity contribution in [3.8, 4) is 5.75 Å². The van der Waals surface area contributed by atoms with Gasteiger partial charge in [-0.15, -0.1) is 0 Å². The third-order valence-electron chi connectivity index (χ3n) is 3.25. The molecule has 5 heteroatoms. The molecule has 20 heavy (non-hydrogen) atoms. The van der Waals surface area contributed by atoms with Crippen LogP contribution in [0.15, 0.2) is 42.6 Å². The van der Waals surface area contributed by atoms with Crippen LogP contribution in [0.1, 0.15) is 12.0 Å². The van der Waals surface area contributed by atoms with Gasteiger partial charge in [0, 0.05) is 12.7 Å². The smallest absolute Gasteiger partial charge is 0.143 e. The van der Waals surface area contributed by atoms with Crippen molar-refractivity contribution in [1.82, 2.24) is 4.98 Å². The number of fused-ring (bicyclic) bond motifs is 1. The molecule has 1 aliphatic rings. The Labute approximate surface area is 123 Å². The van der Waals surface area contributed by atoms with Crippen LogP contribution in [-0.4, -0.2) is 23.1 Å². The Kier molecular flexibility index (Phi) is 3.52. The van der Waals surface area contributed by atoms with Gasteiger partial charge < -0.3 is 15.4 Å². The van der Waals surface area contributed by atoms with Crippen molar-refractivity contribution in [2.45, 2.75) is 6.42 Å². The van der Waals surface area contributed by atoms with E-state index >= 15 is 0 Å². The number of hydrogen-bond acceptors (Lipinski definition) is 4. The van der Waals surface area contributed by atoms with Crippen LogP contribution < -0.4 is 15.4 Å². The van der Waals surface area contributed by atoms with Crippen LogP contribution in [0.4, 0.5) is 11.5 Å². The molecule has 0 saturated heterocycles. The molecule has 0 aliphatic carbocycles. The van der Waals surface area contributed by atoms with Crippen LogP contribution in [-0.2, 0) is 0 Å². The molecule has 1 aliphatic heterocycles. The first-order valence-corrected chi connectivity index (χ1v) is 6.92. The number of nitrogens with two attached hydrogens (primary N) is 1. The van der Waals surface area contributed by atoms with E-state index in [2.05, 4.69) is 9.88 Å². The van der Waals surface area contributed by atoms with Gasteiger partial charge in [-0.1, -0.05) is 24.4 Å². The van der Waals surface area contributed by atoms with Crippen molar-refractivity contribution in [3.05, 3.63) is 48.2 Å². The second-order valence-corrected chi connectivity index (χ2v) is 5.00. The Morgan fingerprint density at radius 1 is 1.25 bits per heavy atom. The van der Waals surface area contributed by atoms with Crippen LogP contribution in [0.25, 0.3) is 0 Å². The third kappa shape index (κ3) is 2.32. The number of pyridine rings is 1. The minimum absolute atomic E-state index is 0.357. The standard InChI is InChI=1S/C15H15N3OS/c16-14(20)11-5-3-8-17-15(11)18-9-4-10-19-13-7-2-1-6-12(13)18/h1-3,5-8H,4,9-10H2,(H2,16,20). The first-order chi connectivity index (χ1) is 9.77. The maximum Gasteiger partial charge on any atom is 0.143 e. The van der Waals surface area contributed by atoms with Crippen LogP contribution >= 0.6 is 12.2 Å². The fourth-order valence-corrected chi connectivity index (χ4v) is 2.51. The number of rotatable bonds is 2. The molecule has 2 heterocycles. The van der Waals surface area contributed by atoms with E-state index in [0.29, 0.717) is 11.6 Å². The van der Waals surface area contributed by atoms with Crippen LogP contribution in [0.2, 0.25) is 0 Å². The molecule has 102 valence electrons. The monoisotopic (exact) mass is 285 g/mol. The van der Waals surface area contributed by atoms with Crippen molar-refractivity contribution in [3.63, 3.8) is 0 Å². The average molecular weight is 285 g/mol. The summed E-state index contributed by atoms with van der Waals surface area (Å²) in [6, 6.07) is 11.7. The quantitative estimate of drug-likeness (QED) is 0.860. The molecule has 0 amide bonds. The maximum atomic E-state index is 5.81. The van der Waals surface area contributed by atoms with Gasteiger partial charge in [0.05, 0.1) is 17.9 Å². The van der Waals surface area contributed by atoms with E-state index in [9.17, 15) is 0 Å². The van der Waals surface area contributed by atoms with Crippen molar-refractivity contribution < 1.29 is 4.74 Å². The summed E-state index contributed by atoms with van der Waals surface area (Å²) in [5.74, 6) is 1.66. The van der Waals surface area contributed by atoms with Gasteiger partial charge in [-0.25, -0.2) is 4.98 Å². The Hall–Kier alpha value is -2.14. The van der Waals surface area contributed by atoms with Gasteiger partial charge in [0.25, 0.3) is 0 Å². The molecule has 4 nitrogen and oxygen atoms in total. The molecule has 0 unspecified atom stereocenters. The highest BCUT2D eigenvalue weighted by Crippen LogP contribution is 2.36. The molecule has 0 atom stereocenters. The molecule has 1 aromatic heterocycles. The molecule has 1 aromatic carbocycles. The molecule has 0 fully saturated rings. The van der Waals surface area contributed by atoms with E-state index in [4.69, 9.17) is 22.7 Å². The van der Waals surface area contributed by atoms with Gasteiger partial charge in [0.2, 0.25) is 0 Å². The van der Waals surface area contributed by atoms with Crippen LogP contribution in [0, 0.1) is 0 Å². The topological polar surface area (TPSA) is 51.4 Å². The fraction of sp³-hybridized carbons (Fsp3) is 0.200. The zero-order chi connectivity index (χ0) is 13.9. The van der Waals surface area contributed by atoms with E-state index in [0.717, 1.165) is 35.8 Å². The van der Waals surface area contributed by atoms with Gasteiger partial charge in [0.15, 0.2) is 0 Å². The van der Waals surface area contributed by atoms with E-state index in [1.165, 1.54) is 0 Å². The molecule has 0 radical (unpaired) electrons. The summed E-state index contributed by atoms with van der Waals surface area (Å²) < 4.78 is 5.77. The first-order valence-electron chi connectivity index (χ1n) is 6.51. The zero-order valence-corrected chi connectivity index (χ0v) is 11.8. The predicted octanol–water partition coefficient (Wildman–Crippen LogP) is 2.64. The zero-order valence-electron chi connectivity index (χ0n) is 11.0. The Bertz CT molecular complexity index is 645. The number of para-hydroxylation sites is 2. The lowest BCUT2D eigenvalue weighted by molar-refractivity contribution is 0.322. The Morgan fingerprint density at radius 2 is 2.10 bits per heavy atom. The highest BCUT2D eigenvalue weighted by atomic mass is 32.1. The summed E-state index contributed by atoms with van der Waals surface area (Å²) in [5, 5.41) is 0. The van der Waals surface area contributed by atoms with Gasteiger partial charge in [-0.05, 0) is 30.7 Å². The van der Waals surface area contributed by atoms with Crippen molar-refractivity contribution in [1.29, 1.82) is 0 Å². The lowest BCUT2D eigenvalue weighted by atomic mass is 10.2. The van der Waals surface area contributed by atoms with Gasteiger partial charge in [0.1, 0.15) is 16.6 Å². The predicted molar refractivity (Wildman–Crippen MR) is 83.7 cm³/mol. The average Bonchev–Trinajstić information content (AvgIpc) is 2.69. The Balaban J connectivity index is 2.13. The number of benzene rings is 1. The summed E-state index contributed by atoms with van der Waals surface area (Å²) in [7, 11) is 0. The minimum Gasteiger partial charge on any atom is -0.491 e. The Morgan fingerprint density at radius 3 is 2.95 bits per heavy atom. The summed E-state index contributed by atoms with van der Waals surface area (Å²) in [4.78, 5) is 6.95. The van der Waals surface area contributed by atoms with E-state index in [-0.39, 0.29) is 0 Å². The van der Waals surface area contributed by atoms with Crippen LogP contribution in [0.5, 0.6) is 5.75 Å². The van der Waals surface area contributed by atoms with Crippen molar-refractivity contribution in [2.75, 3.05) is 18.1 Å². The van der Waals surface area contributed by atoms with Crippen LogP contribution in [0.3, 0.4) is 0 Å². The number of hydrogen-bond donors (Lipinski definition) is 1. The molecule has 0 bridgehead atoms.